The third kappa shape index (κ3) is 17.1. The molecule has 0 rings (SSSR count). The lowest BCUT2D eigenvalue weighted by atomic mass is 10.7. The van der Waals surface area contributed by atoms with Crippen LogP contribution in [0.3, 0.4) is 0 Å². The molecule has 0 saturated carbocycles. The minimum absolute atomic E-state index is 0.0290. The third-order valence-corrected chi connectivity index (χ3v) is 3.68. The van der Waals surface area contributed by atoms with Gasteiger partial charge in [-0.05, 0) is 13.8 Å². The highest BCUT2D eigenvalue weighted by Crippen LogP contribution is 1.92. The van der Waals surface area contributed by atoms with Crippen LogP contribution in [0.25, 0.3) is 0 Å². The summed E-state index contributed by atoms with van der Waals surface area (Å²) in [6, 6.07) is 0. The van der Waals surface area contributed by atoms with Crippen molar-refractivity contribution in [3.05, 3.63) is 0 Å². The van der Waals surface area contributed by atoms with E-state index >= 15 is 0 Å². The molecule has 4 nitrogen and oxygen atoms in total. The van der Waals surface area contributed by atoms with Crippen molar-refractivity contribution in [3.63, 3.8) is 0 Å². The molecule has 0 saturated heterocycles. The van der Waals surface area contributed by atoms with Gasteiger partial charge in [0.2, 0.25) is 0 Å². The Hall–Kier alpha value is 0.450. The monoisotopic (exact) mass is 279 g/mol. The van der Waals surface area contributed by atoms with Gasteiger partial charge in [-0.15, -0.1) is 23.2 Å². The molecule has 94 valence electrons. The topological polar surface area (TPSA) is 69.4 Å². The number of halogens is 2. The molecular weight excluding hydrogens is 261 g/mol. The first-order chi connectivity index (χ1) is 6.89. The Kier molecular flexibility index (Phi) is 13.0. The molecule has 0 aliphatic rings. The molecule has 0 heterocycles. The summed E-state index contributed by atoms with van der Waals surface area (Å²) in [5, 5.41) is 0. The zero-order valence-corrected chi connectivity index (χ0v) is 11.4. The van der Waals surface area contributed by atoms with E-state index in [-0.39, 0.29) is 29.5 Å². The van der Waals surface area contributed by atoms with Crippen LogP contribution in [0.15, 0.2) is 0 Å². The predicted molar refractivity (Wildman–Crippen MR) is 65.4 cm³/mol. The van der Waals surface area contributed by atoms with Gasteiger partial charge in [0.25, 0.3) is 0 Å². The third-order valence-electron chi connectivity index (χ3n) is 1.21. The van der Waals surface area contributed by atoms with Gasteiger partial charge < -0.3 is 10.5 Å². The van der Waals surface area contributed by atoms with Crippen molar-refractivity contribution >= 4 is 33.0 Å². The number of hydrogen-bond acceptors (Lipinski definition) is 4. The number of alkyl halides is 2. The van der Waals surface area contributed by atoms with Gasteiger partial charge in [-0.3, -0.25) is 0 Å². The molecular formula is C8H19Cl2NO3S. The number of hydrogen-bond donors (Lipinski definition) is 1. The van der Waals surface area contributed by atoms with Crippen molar-refractivity contribution in [2.75, 3.05) is 29.9 Å². The van der Waals surface area contributed by atoms with Gasteiger partial charge in [-0.2, -0.15) is 0 Å². The van der Waals surface area contributed by atoms with E-state index in [2.05, 4.69) is 0 Å². The molecule has 0 aromatic carbocycles. The average Bonchev–Trinajstić information content (AvgIpc) is 2.03. The molecule has 7 heteroatoms. The van der Waals surface area contributed by atoms with Gasteiger partial charge >= 0.3 is 0 Å². The number of sulfone groups is 1. The summed E-state index contributed by atoms with van der Waals surface area (Å²) in [4.78, 5) is 0. The molecule has 0 aromatic rings. The molecule has 0 aliphatic carbocycles. The Balaban J connectivity index is 0. The lowest BCUT2D eigenvalue weighted by Crippen LogP contribution is -2.18. The second-order valence-electron chi connectivity index (χ2n) is 2.69. The quantitative estimate of drug-likeness (QED) is 0.586. The van der Waals surface area contributed by atoms with Crippen LogP contribution in [0.2, 0.25) is 0 Å². The molecule has 2 N–H and O–H groups in total. The second kappa shape index (κ2) is 11.0. The number of nitrogens with two attached hydrogens (primary N) is 1. The zero-order chi connectivity index (χ0) is 12.3. The Morgan fingerprint density at radius 1 is 1.27 bits per heavy atom. The SMILES string of the molecule is CCOC(C)N.O=S(=O)(CCCl)CCCl. The molecule has 0 spiro atoms. The number of rotatable bonds is 6. The summed E-state index contributed by atoms with van der Waals surface area (Å²) in [6.07, 6.45) is -0.102. The maximum atomic E-state index is 10.7. The number of ether oxygens (including phenoxy) is 1. The Morgan fingerprint density at radius 3 is 1.80 bits per heavy atom. The molecule has 0 amide bonds. The lowest BCUT2D eigenvalue weighted by Gasteiger charge is -2.00. The Morgan fingerprint density at radius 2 is 1.67 bits per heavy atom. The summed E-state index contributed by atoms with van der Waals surface area (Å²) < 4.78 is 26.1. The van der Waals surface area contributed by atoms with Crippen LogP contribution in [0.5, 0.6) is 0 Å². The van der Waals surface area contributed by atoms with Gasteiger partial charge in [0.15, 0.2) is 9.84 Å². The fourth-order valence-electron chi connectivity index (χ4n) is 0.600. The lowest BCUT2D eigenvalue weighted by molar-refractivity contribution is 0.0814. The smallest absolute Gasteiger partial charge is 0.152 e. The van der Waals surface area contributed by atoms with E-state index in [1.807, 2.05) is 13.8 Å². The first-order valence-electron chi connectivity index (χ1n) is 4.59. The highest BCUT2D eigenvalue weighted by atomic mass is 35.5. The first-order valence-corrected chi connectivity index (χ1v) is 7.48. The van der Waals surface area contributed by atoms with Crippen molar-refractivity contribution in [2.45, 2.75) is 20.1 Å². The highest BCUT2D eigenvalue weighted by molar-refractivity contribution is 7.91. The maximum Gasteiger partial charge on any atom is 0.152 e. The standard InChI is InChI=1S/C4H8Cl2O2S.C4H11NO/c5-1-3-9(7,8)4-2-6;1-3-6-4(2)5/h1-4H2;4H,3,5H2,1-2H3. The van der Waals surface area contributed by atoms with E-state index < -0.39 is 9.84 Å². The van der Waals surface area contributed by atoms with E-state index in [9.17, 15) is 8.42 Å². The molecule has 1 atom stereocenters. The summed E-state index contributed by atoms with van der Waals surface area (Å²) >= 11 is 10.4. The summed E-state index contributed by atoms with van der Waals surface area (Å²) in [6.45, 7) is 4.44. The molecule has 0 fully saturated rings. The van der Waals surface area contributed by atoms with Crippen molar-refractivity contribution < 1.29 is 13.2 Å². The van der Waals surface area contributed by atoms with Crippen LogP contribution in [-0.4, -0.2) is 44.5 Å². The molecule has 0 bridgehead atoms. The minimum atomic E-state index is -2.95. The van der Waals surface area contributed by atoms with Gasteiger partial charge in [0.1, 0.15) is 6.23 Å². The normalized spacial score (nSPS) is 12.9. The van der Waals surface area contributed by atoms with Crippen LogP contribution in [0.1, 0.15) is 13.8 Å². The van der Waals surface area contributed by atoms with Crippen LogP contribution >= 0.6 is 23.2 Å². The minimum Gasteiger partial charge on any atom is -0.364 e. The van der Waals surface area contributed by atoms with Crippen molar-refractivity contribution in [3.8, 4) is 0 Å². The first kappa shape index (κ1) is 17.8. The van der Waals surface area contributed by atoms with Crippen LogP contribution < -0.4 is 5.73 Å². The zero-order valence-electron chi connectivity index (χ0n) is 9.08. The van der Waals surface area contributed by atoms with Gasteiger partial charge in [0, 0.05) is 18.4 Å². The van der Waals surface area contributed by atoms with E-state index in [0.29, 0.717) is 6.61 Å². The molecule has 0 aromatic heterocycles. The van der Waals surface area contributed by atoms with Crippen LogP contribution in [0.4, 0.5) is 0 Å². The fourth-order valence-corrected chi connectivity index (χ4v) is 2.68. The highest BCUT2D eigenvalue weighted by Gasteiger charge is 2.06. The van der Waals surface area contributed by atoms with Gasteiger partial charge in [-0.25, -0.2) is 8.42 Å². The van der Waals surface area contributed by atoms with E-state index in [0.717, 1.165) is 0 Å². The Bertz CT molecular complexity index is 208. The molecule has 15 heavy (non-hydrogen) atoms. The predicted octanol–water partition coefficient (Wildman–Crippen LogP) is 1.21. The molecule has 1 unspecified atom stereocenters. The fraction of sp³-hybridized carbons (Fsp3) is 1.00. The summed E-state index contributed by atoms with van der Waals surface area (Å²) in [5.74, 6) is 0.362. The van der Waals surface area contributed by atoms with Crippen molar-refractivity contribution in [2.24, 2.45) is 5.73 Å². The van der Waals surface area contributed by atoms with Gasteiger partial charge in [-0.1, -0.05) is 0 Å². The van der Waals surface area contributed by atoms with Gasteiger partial charge in [0.05, 0.1) is 11.5 Å². The van der Waals surface area contributed by atoms with Crippen LogP contribution in [-0.2, 0) is 14.6 Å². The summed E-state index contributed by atoms with van der Waals surface area (Å²) in [7, 11) is -2.95. The maximum absolute atomic E-state index is 10.7. The van der Waals surface area contributed by atoms with Crippen LogP contribution in [0, 0.1) is 0 Å². The Labute approximate surface area is 102 Å². The van der Waals surface area contributed by atoms with E-state index in [1.54, 1.807) is 0 Å². The second-order valence-corrected chi connectivity index (χ2v) is 5.75. The average molecular weight is 280 g/mol. The molecule has 0 radical (unpaired) electrons. The summed E-state index contributed by atoms with van der Waals surface area (Å²) in [5.41, 5.74) is 5.18. The molecule has 0 aliphatic heterocycles. The van der Waals surface area contributed by atoms with E-state index in [1.165, 1.54) is 0 Å². The van der Waals surface area contributed by atoms with Crippen molar-refractivity contribution in [1.82, 2.24) is 0 Å². The largest absolute Gasteiger partial charge is 0.364 e. The van der Waals surface area contributed by atoms with E-state index in [4.69, 9.17) is 33.7 Å². The van der Waals surface area contributed by atoms with Crippen molar-refractivity contribution in [1.29, 1.82) is 0 Å².